The molecule has 13 heteroatoms. The number of carbonyl (C=O) groups is 2. The van der Waals surface area contributed by atoms with E-state index in [1.54, 1.807) is 44.6 Å². The summed E-state index contributed by atoms with van der Waals surface area (Å²) in [6.45, 7) is 4.85. The van der Waals surface area contributed by atoms with Crippen molar-refractivity contribution in [2.24, 2.45) is 0 Å². The Bertz CT molecular complexity index is 1950. The molecule has 2 unspecified atom stereocenters. The van der Waals surface area contributed by atoms with Gasteiger partial charge in [-0.3, -0.25) is 19.6 Å². The molecule has 8 fully saturated rings. The molecule has 10 rings (SSSR count). The molecule has 2 aromatic carbocycles. The van der Waals surface area contributed by atoms with Crippen molar-refractivity contribution in [2.45, 2.75) is 163 Å². The molecule has 0 aliphatic carbocycles. The minimum Gasteiger partial charge on any atom is -0.496 e. The second kappa shape index (κ2) is 21.7. The van der Waals surface area contributed by atoms with Gasteiger partial charge < -0.3 is 24.4 Å². The van der Waals surface area contributed by atoms with Gasteiger partial charge in [-0.15, -0.1) is 0 Å². The Morgan fingerprint density at radius 2 is 1.02 bits per heavy atom. The topological polar surface area (TPSA) is 115 Å². The quantitative estimate of drug-likeness (QED) is 0.205. The van der Waals surface area contributed by atoms with E-state index in [4.69, 9.17) is 19.3 Å². The van der Waals surface area contributed by atoms with Crippen LogP contribution < -0.4 is 9.47 Å². The number of esters is 1. The predicted molar refractivity (Wildman–Crippen MR) is 254 cm³/mol. The molecule has 10 atom stereocenters. The van der Waals surface area contributed by atoms with E-state index in [9.17, 15) is 14.7 Å². The van der Waals surface area contributed by atoms with E-state index in [0.717, 1.165) is 107 Å². The molecule has 0 amide bonds. The molecule has 11 nitrogen and oxygen atoms in total. The number of carboxylic acids is 1. The van der Waals surface area contributed by atoms with Gasteiger partial charge in [-0.2, -0.15) is 0 Å². The number of piperidine rings is 8. The van der Waals surface area contributed by atoms with Gasteiger partial charge in [-0.05, 0) is 176 Å². The fourth-order valence-corrected chi connectivity index (χ4v) is 13.4. The summed E-state index contributed by atoms with van der Waals surface area (Å²) in [6, 6.07) is 17.2. The van der Waals surface area contributed by atoms with Crippen LogP contribution >= 0.6 is 31.9 Å². The average molecular weight is 997 g/mol. The maximum absolute atomic E-state index is 12.5. The number of carbonyl (C=O) groups excluding carboxylic acids is 1. The number of methoxy groups -OCH3 is 2. The van der Waals surface area contributed by atoms with E-state index in [2.05, 4.69) is 51.5 Å². The smallest absolute Gasteiger partial charge is 0.331 e. The second-order valence-electron chi connectivity index (χ2n) is 19.1. The van der Waals surface area contributed by atoms with Gasteiger partial charge in [0, 0.05) is 80.0 Å². The van der Waals surface area contributed by atoms with E-state index >= 15 is 0 Å². The van der Waals surface area contributed by atoms with Crippen LogP contribution in [0.4, 0.5) is 0 Å². The molecule has 0 aromatic heterocycles. The molecule has 0 saturated carbocycles. The number of nitrogens with zero attached hydrogens (tertiary/aromatic N) is 4. The number of hydrogen-bond donors (Lipinski definition) is 2. The minimum absolute atomic E-state index is 0.0257. The Balaban J connectivity index is 0.000000144. The number of benzene rings is 2. The molecule has 8 aliphatic rings. The summed E-state index contributed by atoms with van der Waals surface area (Å²) in [5.41, 5.74) is 1.70. The highest BCUT2D eigenvalue weighted by molar-refractivity contribution is 9.10. The highest BCUT2D eigenvalue weighted by atomic mass is 79.9. The molecule has 2 N–H and O–H groups in total. The van der Waals surface area contributed by atoms with Gasteiger partial charge in [0.2, 0.25) is 0 Å². The van der Waals surface area contributed by atoms with Gasteiger partial charge in [-0.25, -0.2) is 9.59 Å². The molecule has 63 heavy (non-hydrogen) atoms. The van der Waals surface area contributed by atoms with Crippen LogP contribution in [0.5, 0.6) is 11.5 Å². The third-order valence-electron chi connectivity index (χ3n) is 15.4. The van der Waals surface area contributed by atoms with Crippen LogP contribution in [0.15, 0.2) is 57.5 Å². The molecule has 8 heterocycles. The molecule has 8 aliphatic heterocycles. The lowest BCUT2D eigenvalue weighted by Gasteiger charge is -2.58. The average Bonchev–Trinajstić information content (AvgIpc) is 3.29. The predicted octanol–water partition coefficient (Wildman–Crippen LogP) is 8.79. The Morgan fingerprint density at radius 3 is 1.52 bits per heavy atom. The number of hydrogen-bond acceptors (Lipinski definition) is 10. The van der Waals surface area contributed by atoms with Crippen molar-refractivity contribution < 1.29 is 34.0 Å². The second-order valence-corrected chi connectivity index (χ2v) is 20.9. The number of aliphatic hydroxyl groups excluding tert-OH is 1. The van der Waals surface area contributed by atoms with E-state index in [1.807, 2.05) is 18.2 Å². The van der Waals surface area contributed by atoms with Gasteiger partial charge in [0.15, 0.2) is 0 Å². The van der Waals surface area contributed by atoms with Gasteiger partial charge >= 0.3 is 11.9 Å². The Hall–Kier alpha value is -2.78. The van der Waals surface area contributed by atoms with E-state index in [-0.39, 0.29) is 18.2 Å². The first-order valence-electron chi connectivity index (χ1n) is 23.7. The lowest BCUT2D eigenvalue weighted by molar-refractivity contribution is -0.150. The summed E-state index contributed by atoms with van der Waals surface area (Å²) in [5.74, 6) is 0.221. The van der Waals surface area contributed by atoms with Gasteiger partial charge in [-0.1, -0.05) is 25.0 Å². The Kier molecular flexibility index (Phi) is 16.1. The van der Waals surface area contributed by atoms with Crippen LogP contribution in [0.25, 0.3) is 12.2 Å². The van der Waals surface area contributed by atoms with Crippen molar-refractivity contribution in [1.29, 1.82) is 0 Å². The van der Waals surface area contributed by atoms with E-state index < -0.39 is 5.97 Å². The molecule has 344 valence electrons. The van der Waals surface area contributed by atoms with Gasteiger partial charge in [0.1, 0.15) is 17.6 Å². The first-order chi connectivity index (χ1) is 30.5. The highest BCUT2D eigenvalue weighted by Crippen LogP contribution is 2.43. The van der Waals surface area contributed by atoms with Crippen LogP contribution in [0, 0.1) is 0 Å². The van der Waals surface area contributed by atoms with Crippen molar-refractivity contribution in [3.63, 3.8) is 0 Å². The zero-order valence-electron chi connectivity index (χ0n) is 37.2. The van der Waals surface area contributed by atoms with Crippen molar-refractivity contribution in [2.75, 3.05) is 40.4 Å². The SMILES string of the molecule is COc1cc(/C=C/C(=O)O)ccc1Br.COc1cc(/C=C\C(=O)OC2CCN3[C@@H]4C[C@@H](C[C@@H]3C2)N2CCCC[C@@H]2C4)ccc1Br.OC1CCN2[C@@H]3C[C@@H](C[C@@H]2C1)N1CCCC[C@@H]1C3. The van der Waals surface area contributed by atoms with Crippen molar-refractivity contribution in [3.05, 3.63) is 68.6 Å². The maximum Gasteiger partial charge on any atom is 0.331 e. The first kappa shape index (κ1) is 46.7. The lowest BCUT2D eigenvalue weighted by atomic mass is 9.76. The van der Waals surface area contributed by atoms with Crippen molar-refractivity contribution >= 4 is 56.0 Å². The molecular weight excluding hydrogens is 928 g/mol. The van der Waals surface area contributed by atoms with Crippen LogP contribution in [-0.2, 0) is 14.3 Å². The van der Waals surface area contributed by atoms with Gasteiger partial charge in [0.25, 0.3) is 0 Å². The minimum atomic E-state index is -0.966. The summed E-state index contributed by atoms with van der Waals surface area (Å²) in [6.07, 6.45) is 26.5. The van der Waals surface area contributed by atoms with Crippen molar-refractivity contribution in [3.8, 4) is 11.5 Å². The monoisotopic (exact) mass is 994 g/mol. The zero-order chi connectivity index (χ0) is 44.0. The lowest BCUT2D eigenvalue weighted by Crippen LogP contribution is -2.65. The fourth-order valence-electron chi connectivity index (χ4n) is 12.6. The number of carboxylic acid groups (broad SMARTS) is 1. The van der Waals surface area contributed by atoms with Crippen LogP contribution in [0.1, 0.15) is 114 Å². The summed E-state index contributed by atoms with van der Waals surface area (Å²) in [4.78, 5) is 33.9. The number of halogens is 2. The number of rotatable bonds is 7. The number of ether oxygens (including phenoxy) is 3. The van der Waals surface area contributed by atoms with E-state index in [0.29, 0.717) is 17.8 Å². The van der Waals surface area contributed by atoms with Gasteiger partial charge in [0.05, 0.1) is 29.3 Å². The molecule has 4 bridgehead atoms. The number of fused-ring (bicyclic) bond motifs is 12. The van der Waals surface area contributed by atoms with Crippen molar-refractivity contribution in [1.82, 2.24) is 19.6 Å². The molecule has 2 aromatic rings. The highest BCUT2D eigenvalue weighted by Gasteiger charge is 2.48. The fraction of sp³-hybridized carbons (Fsp3) is 0.640. The zero-order valence-corrected chi connectivity index (χ0v) is 40.3. The largest absolute Gasteiger partial charge is 0.496 e. The first-order valence-corrected chi connectivity index (χ1v) is 25.3. The summed E-state index contributed by atoms with van der Waals surface area (Å²) >= 11 is 6.76. The van der Waals surface area contributed by atoms with Crippen LogP contribution in [0.3, 0.4) is 0 Å². The van der Waals surface area contributed by atoms with E-state index in [1.165, 1.54) is 96.2 Å². The third kappa shape index (κ3) is 11.6. The van der Waals surface area contributed by atoms with Crippen LogP contribution in [0.2, 0.25) is 0 Å². The molecule has 0 spiro atoms. The molecule has 8 saturated heterocycles. The Morgan fingerprint density at radius 1 is 0.571 bits per heavy atom. The number of aliphatic carboxylic acids is 1. The number of aliphatic hydroxyl groups is 1. The summed E-state index contributed by atoms with van der Waals surface area (Å²) < 4.78 is 18.0. The summed E-state index contributed by atoms with van der Waals surface area (Å²) in [5, 5.41) is 18.3. The summed E-state index contributed by atoms with van der Waals surface area (Å²) in [7, 11) is 3.20. The maximum atomic E-state index is 12.5. The Labute approximate surface area is 391 Å². The molecular formula is C50H68Br2N4O7. The standard InChI is InChI=1S/C25H33BrN2O3.C15H26N2O.C10H9BrO3/c1-30-24-12-17(5-7-23(24)26)6-8-25(29)31-22-9-11-28-19-13-18-4-2-3-10-27(18)20(14-19)15-21(28)16-22;18-15-4-6-17-12-7-11-3-1-2-5-16(11)13(8-12)9-14(17)10-15;1-14-9-6-7(2-4-8(9)11)3-5-10(12)13/h5-8,12,18-22H,2-4,9-11,13-16H2,1H3;11-15,18H,1-10H2;2-6H,1H3,(H,12,13)/b8-6-;;5-3+/t18-,19+,20+,21-,22?;11-,12+,13+,14-,15?;/m11./s1. The molecule has 0 radical (unpaired) electrons. The normalized spacial score (nSPS) is 33.0. The van der Waals surface area contributed by atoms with Crippen LogP contribution in [-0.4, -0.2) is 143 Å². The third-order valence-corrected chi connectivity index (χ3v) is 16.7.